The predicted octanol–water partition coefficient (Wildman–Crippen LogP) is 3.82. The van der Waals surface area contributed by atoms with Crippen molar-refractivity contribution in [1.29, 1.82) is 0 Å². The summed E-state index contributed by atoms with van der Waals surface area (Å²) in [6, 6.07) is 0. The average Bonchev–Trinajstić information content (AvgIpc) is 2.20. The molecule has 0 aliphatic rings. The van der Waals surface area contributed by atoms with Crippen molar-refractivity contribution in [3.8, 4) is 0 Å². The van der Waals surface area contributed by atoms with E-state index in [-0.39, 0.29) is 24.5 Å². The molecule has 0 rings (SSSR count). The van der Waals surface area contributed by atoms with Gasteiger partial charge >= 0.3 is 7.82 Å². The highest BCUT2D eigenvalue weighted by atomic mass is 79.9. The van der Waals surface area contributed by atoms with E-state index in [1.807, 2.05) is 20.8 Å². The van der Waals surface area contributed by atoms with Gasteiger partial charge in [0.25, 0.3) is 0 Å². The largest absolute Gasteiger partial charge is 0.474 e. The highest BCUT2D eigenvalue weighted by Gasteiger charge is 2.28. The number of halogens is 2. The molecule has 16 heavy (non-hydrogen) atoms. The fourth-order valence-corrected chi connectivity index (χ4v) is 2.67. The van der Waals surface area contributed by atoms with Gasteiger partial charge < -0.3 is 0 Å². The summed E-state index contributed by atoms with van der Waals surface area (Å²) in [5, 5.41) is 0.570. The zero-order valence-corrected chi connectivity index (χ0v) is 13.1. The normalized spacial score (nSPS) is 16.1. The quantitative estimate of drug-likeness (QED) is 0.499. The van der Waals surface area contributed by atoms with E-state index < -0.39 is 7.82 Å². The van der Waals surface area contributed by atoms with Crippen LogP contribution in [0.1, 0.15) is 20.8 Å². The van der Waals surface area contributed by atoms with Gasteiger partial charge in [0.2, 0.25) is 0 Å². The van der Waals surface area contributed by atoms with Gasteiger partial charge in [0.05, 0.1) is 19.8 Å². The maximum Gasteiger partial charge on any atom is 0.474 e. The summed E-state index contributed by atoms with van der Waals surface area (Å²) in [5.41, 5.74) is -0.0995. The molecule has 98 valence electrons. The summed E-state index contributed by atoms with van der Waals surface area (Å²) in [6.07, 6.45) is 0. The lowest BCUT2D eigenvalue weighted by atomic mass is 9.99. The molecule has 1 unspecified atom stereocenters. The molecule has 0 aliphatic heterocycles. The molecule has 7 heteroatoms. The third-order valence-corrected chi connectivity index (χ3v) is 3.23. The number of phosphoric acid groups is 1. The zero-order chi connectivity index (χ0) is 12.7. The summed E-state index contributed by atoms with van der Waals surface area (Å²) in [5.74, 6) is 0.251. The van der Waals surface area contributed by atoms with Crippen molar-refractivity contribution in [3.63, 3.8) is 0 Å². The molecular formula is C9H19BrClO4P. The summed E-state index contributed by atoms with van der Waals surface area (Å²) in [7, 11) is -3.46. The highest BCUT2D eigenvalue weighted by Crippen LogP contribution is 2.50. The third kappa shape index (κ3) is 8.97. The Kier molecular flexibility index (Phi) is 8.51. The first kappa shape index (κ1) is 16.9. The Labute approximate surface area is 111 Å². The number of hydrogen-bond donors (Lipinski definition) is 0. The van der Waals surface area contributed by atoms with Crippen LogP contribution in [-0.4, -0.2) is 31.0 Å². The Morgan fingerprint density at radius 1 is 1.19 bits per heavy atom. The second-order valence-corrected chi connectivity index (χ2v) is 7.17. The molecule has 0 aromatic carbocycles. The van der Waals surface area contributed by atoms with E-state index in [0.29, 0.717) is 11.9 Å². The van der Waals surface area contributed by atoms with Gasteiger partial charge in [0.15, 0.2) is 0 Å². The van der Waals surface area contributed by atoms with Crippen LogP contribution in [0.25, 0.3) is 0 Å². The van der Waals surface area contributed by atoms with Crippen LogP contribution in [0.2, 0.25) is 0 Å². The fourth-order valence-electron chi connectivity index (χ4n) is 0.677. The second-order valence-electron chi connectivity index (χ2n) is 4.33. The molecule has 0 spiro atoms. The van der Waals surface area contributed by atoms with Gasteiger partial charge in [-0.1, -0.05) is 36.7 Å². The van der Waals surface area contributed by atoms with Gasteiger partial charge in [-0.2, -0.15) is 0 Å². The van der Waals surface area contributed by atoms with Crippen LogP contribution >= 0.6 is 35.4 Å². The van der Waals surface area contributed by atoms with Crippen molar-refractivity contribution in [2.24, 2.45) is 5.41 Å². The van der Waals surface area contributed by atoms with Gasteiger partial charge in [-0.3, -0.25) is 13.6 Å². The van der Waals surface area contributed by atoms with Crippen molar-refractivity contribution in [2.45, 2.75) is 20.8 Å². The van der Waals surface area contributed by atoms with E-state index >= 15 is 0 Å². The van der Waals surface area contributed by atoms with Crippen molar-refractivity contribution in [1.82, 2.24) is 0 Å². The second kappa shape index (κ2) is 8.06. The summed E-state index contributed by atoms with van der Waals surface area (Å²) in [6.45, 7) is 6.64. The molecule has 0 radical (unpaired) electrons. The highest BCUT2D eigenvalue weighted by molar-refractivity contribution is 9.09. The Bertz CT molecular complexity index is 220. The summed E-state index contributed by atoms with van der Waals surface area (Å²) < 4.78 is 27.4. The minimum Gasteiger partial charge on any atom is -0.286 e. The van der Waals surface area contributed by atoms with E-state index in [4.69, 9.17) is 25.2 Å². The fraction of sp³-hybridized carbons (Fsp3) is 1.00. The first-order valence-corrected chi connectivity index (χ1v) is 8.10. The van der Waals surface area contributed by atoms with Gasteiger partial charge in [0, 0.05) is 11.2 Å². The maximum absolute atomic E-state index is 12.0. The SMILES string of the molecule is CC(C)(C)COP(=O)(OCCCl)OCCBr. The van der Waals surface area contributed by atoms with Crippen LogP contribution in [0.5, 0.6) is 0 Å². The van der Waals surface area contributed by atoms with Crippen LogP contribution < -0.4 is 0 Å². The number of rotatable bonds is 8. The molecule has 1 atom stereocenters. The first-order valence-electron chi connectivity index (χ1n) is 4.98. The minimum atomic E-state index is -3.46. The van der Waals surface area contributed by atoms with Crippen LogP contribution in [0, 0.1) is 5.41 Å². The smallest absolute Gasteiger partial charge is 0.286 e. The summed E-state index contributed by atoms with van der Waals surface area (Å²) >= 11 is 8.64. The van der Waals surface area contributed by atoms with Crippen LogP contribution in [-0.2, 0) is 18.1 Å². The molecule has 0 aromatic heterocycles. The van der Waals surface area contributed by atoms with Crippen molar-refractivity contribution < 1.29 is 18.1 Å². The van der Waals surface area contributed by atoms with Crippen LogP contribution in [0.3, 0.4) is 0 Å². The molecule has 0 heterocycles. The van der Waals surface area contributed by atoms with E-state index in [2.05, 4.69) is 15.9 Å². The molecule has 0 amide bonds. The predicted molar refractivity (Wildman–Crippen MR) is 69.4 cm³/mol. The molecule has 0 saturated heterocycles. The molecular weight excluding hydrogens is 318 g/mol. The Morgan fingerprint density at radius 3 is 2.19 bits per heavy atom. The van der Waals surface area contributed by atoms with Crippen molar-refractivity contribution in [2.75, 3.05) is 31.0 Å². The van der Waals surface area contributed by atoms with Crippen LogP contribution in [0.15, 0.2) is 0 Å². The molecule has 4 nitrogen and oxygen atoms in total. The van der Waals surface area contributed by atoms with Gasteiger partial charge in [0.1, 0.15) is 0 Å². The topological polar surface area (TPSA) is 44.8 Å². The lowest BCUT2D eigenvalue weighted by Crippen LogP contribution is -2.15. The summed E-state index contributed by atoms with van der Waals surface area (Å²) in [4.78, 5) is 0. The van der Waals surface area contributed by atoms with Gasteiger partial charge in [-0.05, 0) is 5.41 Å². The maximum atomic E-state index is 12.0. The van der Waals surface area contributed by atoms with Crippen molar-refractivity contribution in [3.05, 3.63) is 0 Å². The molecule has 0 saturated carbocycles. The first-order chi connectivity index (χ1) is 7.33. The minimum absolute atomic E-state index is 0.0995. The molecule has 0 fully saturated rings. The molecule has 0 aliphatic carbocycles. The standard InChI is InChI=1S/C9H19BrClO4P/c1-9(2,3)8-15-16(12,13-6-4-10)14-7-5-11/h4-8H2,1-3H3. The van der Waals surface area contributed by atoms with Crippen molar-refractivity contribution >= 4 is 35.4 Å². The van der Waals surface area contributed by atoms with E-state index in [9.17, 15) is 4.57 Å². The monoisotopic (exact) mass is 336 g/mol. The third-order valence-electron chi connectivity index (χ3n) is 1.31. The lowest BCUT2D eigenvalue weighted by Gasteiger charge is -2.22. The Balaban J connectivity index is 4.23. The Morgan fingerprint density at radius 2 is 1.75 bits per heavy atom. The average molecular weight is 338 g/mol. The van der Waals surface area contributed by atoms with Gasteiger partial charge in [-0.25, -0.2) is 4.57 Å². The number of hydrogen-bond acceptors (Lipinski definition) is 4. The zero-order valence-electron chi connectivity index (χ0n) is 9.87. The Hall–Kier alpha value is 0.880. The van der Waals surface area contributed by atoms with Gasteiger partial charge in [-0.15, -0.1) is 11.6 Å². The van der Waals surface area contributed by atoms with Crippen LogP contribution in [0.4, 0.5) is 0 Å². The van der Waals surface area contributed by atoms with E-state index in [0.717, 1.165) is 0 Å². The number of alkyl halides is 2. The molecule has 0 N–H and O–H groups in total. The lowest BCUT2D eigenvalue weighted by molar-refractivity contribution is 0.0926. The van der Waals surface area contributed by atoms with E-state index in [1.165, 1.54) is 0 Å². The van der Waals surface area contributed by atoms with E-state index in [1.54, 1.807) is 0 Å². The molecule has 0 bridgehead atoms. The number of phosphoric ester groups is 1. The molecule has 0 aromatic rings.